The number of benzene rings is 2. The minimum Gasteiger partial charge on any atom is -0.491 e. The van der Waals surface area contributed by atoms with Crippen LogP contribution in [0.4, 0.5) is 5.69 Å². The fraction of sp³-hybridized carbons (Fsp3) is 0.333. The summed E-state index contributed by atoms with van der Waals surface area (Å²) in [6.45, 7) is 5.31. The number of amides is 2. The van der Waals surface area contributed by atoms with Gasteiger partial charge in [0, 0.05) is 12.7 Å². The molecular weight excluding hydrogens is 398 g/mol. The zero-order valence-electron chi connectivity index (χ0n) is 17.2. The van der Waals surface area contributed by atoms with Crippen molar-refractivity contribution in [3.63, 3.8) is 0 Å². The molecular formula is C24H25NO6. The van der Waals surface area contributed by atoms with Gasteiger partial charge in [0.15, 0.2) is 6.29 Å². The van der Waals surface area contributed by atoms with Crippen molar-refractivity contribution >= 4 is 17.5 Å². The van der Waals surface area contributed by atoms with Crippen molar-refractivity contribution in [3.05, 3.63) is 66.2 Å². The monoisotopic (exact) mass is 423 g/mol. The first-order valence-electron chi connectivity index (χ1n) is 10.4. The number of hydrogen-bond acceptors (Lipinski definition) is 6. The van der Waals surface area contributed by atoms with Gasteiger partial charge in [0.25, 0.3) is 11.8 Å². The zero-order valence-corrected chi connectivity index (χ0v) is 17.2. The minimum atomic E-state index is -0.390. The van der Waals surface area contributed by atoms with Crippen LogP contribution in [0.1, 0.15) is 40.0 Å². The topological polar surface area (TPSA) is 74.3 Å². The third kappa shape index (κ3) is 4.62. The number of fused-ring (bicyclic) bond motifs is 1. The van der Waals surface area contributed by atoms with Crippen LogP contribution in [0.2, 0.25) is 0 Å². The highest BCUT2D eigenvalue weighted by Gasteiger charge is 2.38. The number of imide groups is 1. The molecule has 2 amide bonds. The Morgan fingerprint density at radius 2 is 1.81 bits per heavy atom. The average Bonchev–Trinajstić information content (AvgIpc) is 3.06. The molecule has 1 unspecified atom stereocenters. The maximum Gasteiger partial charge on any atom is 0.266 e. The van der Waals surface area contributed by atoms with Crippen LogP contribution in [-0.4, -0.2) is 44.5 Å². The maximum atomic E-state index is 12.9. The summed E-state index contributed by atoms with van der Waals surface area (Å²) in [5.41, 5.74) is 1.07. The largest absolute Gasteiger partial charge is 0.491 e. The van der Waals surface area contributed by atoms with Crippen LogP contribution in [0.3, 0.4) is 0 Å². The van der Waals surface area contributed by atoms with Crippen LogP contribution in [0.25, 0.3) is 0 Å². The predicted octanol–water partition coefficient (Wildman–Crippen LogP) is 3.97. The van der Waals surface area contributed by atoms with E-state index in [1.54, 1.807) is 48.5 Å². The summed E-state index contributed by atoms with van der Waals surface area (Å²) in [5.74, 6) is 0.122. The summed E-state index contributed by atoms with van der Waals surface area (Å²) in [7, 11) is 0. The van der Waals surface area contributed by atoms with Crippen LogP contribution >= 0.6 is 0 Å². The number of ether oxygens (including phenoxy) is 4. The summed E-state index contributed by atoms with van der Waals surface area (Å²) in [5, 5.41) is 0. The van der Waals surface area contributed by atoms with Gasteiger partial charge in [0.1, 0.15) is 24.7 Å². The summed E-state index contributed by atoms with van der Waals surface area (Å²) >= 11 is 0. The van der Waals surface area contributed by atoms with E-state index >= 15 is 0 Å². The second kappa shape index (κ2) is 9.76. The number of carbonyl (C=O) groups is 2. The Labute approximate surface area is 181 Å². The molecule has 0 bridgehead atoms. The fourth-order valence-electron chi connectivity index (χ4n) is 3.62. The Balaban J connectivity index is 1.49. The van der Waals surface area contributed by atoms with E-state index < -0.39 is 0 Å². The highest BCUT2D eigenvalue weighted by molar-refractivity contribution is 6.34. The number of rotatable bonds is 9. The molecule has 2 aliphatic rings. The van der Waals surface area contributed by atoms with Crippen LogP contribution in [0.15, 0.2) is 55.1 Å². The van der Waals surface area contributed by atoms with Crippen molar-refractivity contribution in [2.24, 2.45) is 0 Å². The summed E-state index contributed by atoms with van der Waals surface area (Å²) < 4.78 is 22.7. The molecule has 0 N–H and O–H groups in total. The van der Waals surface area contributed by atoms with Gasteiger partial charge < -0.3 is 18.9 Å². The van der Waals surface area contributed by atoms with Crippen molar-refractivity contribution in [1.82, 2.24) is 0 Å². The molecule has 2 aromatic carbocycles. The SMILES string of the molecule is C=CCOc1ccc(OCCOC2CCCCO2)cc1N1C(=O)c2ccccc2C1=O. The second-order valence-electron chi connectivity index (χ2n) is 7.24. The Morgan fingerprint density at radius 3 is 2.48 bits per heavy atom. The molecule has 1 atom stereocenters. The van der Waals surface area contributed by atoms with Gasteiger partial charge in [-0.05, 0) is 43.5 Å². The standard InChI is InChI=1S/C24H25NO6/c1-2-12-29-21-11-10-17(28-14-15-31-22-9-5-6-13-30-22)16-20(21)25-23(26)18-7-3-4-8-19(18)24(25)27/h2-4,7-8,10-11,16,22H,1,5-6,9,12-15H2. The first-order valence-corrected chi connectivity index (χ1v) is 10.4. The highest BCUT2D eigenvalue weighted by Crippen LogP contribution is 2.37. The van der Waals surface area contributed by atoms with E-state index in [0.717, 1.165) is 30.8 Å². The van der Waals surface area contributed by atoms with Crippen LogP contribution < -0.4 is 14.4 Å². The first-order chi connectivity index (χ1) is 15.2. The normalized spacial score (nSPS) is 18.1. The third-order valence-electron chi connectivity index (χ3n) is 5.12. The molecule has 162 valence electrons. The number of nitrogens with zero attached hydrogens (tertiary/aromatic N) is 1. The summed E-state index contributed by atoms with van der Waals surface area (Å²) in [6, 6.07) is 11.8. The molecule has 7 heteroatoms. The molecule has 2 aromatic rings. The Hall–Kier alpha value is -3.16. The second-order valence-corrected chi connectivity index (χ2v) is 7.24. The van der Waals surface area contributed by atoms with Crippen molar-refractivity contribution in [2.45, 2.75) is 25.6 Å². The Morgan fingerprint density at radius 1 is 1.03 bits per heavy atom. The van der Waals surface area contributed by atoms with Gasteiger partial charge >= 0.3 is 0 Å². The van der Waals surface area contributed by atoms with E-state index in [1.807, 2.05) is 0 Å². The molecule has 4 rings (SSSR count). The summed E-state index contributed by atoms with van der Waals surface area (Å²) in [4.78, 5) is 27.0. The van der Waals surface area contributed by atoms with E-state index in [1.165, 1.54) is 0 Å². The van der Waals surface area contributed by atoms with Gasteiger partial charge in [-0.1, -0.05) is 24.8 Å². The van der Waals surface area contributed by atoms with Gasteiger partial charge in [0.05, 0.1) is 23.4 Å². The molecule has 1 saturated heterocycles. The van der Waals surface area contributed by atoms with Crippen LogP contribution in [0.5, 0.6) is 11.5 Å². The van der Waals surface area contributed by atoms with Gasteiger partial charge in [0.2, 0.25) is 0 Å². The fourth-order valence-corrected chi connectivity index (χ4v) is 3.62. The average molecular weight is 423 g/mol. The van der Waals surface area contributed by atoms with Crippen LogP contribution in [0, 0.1) is 0 Å². The van der Waals surface area contributed by atoms with Crippen molar-refractivity contribution in [3.8, 4) is 11.5 Å². The molecule has 0 spiro atoms. The molecule has 1 fully saturated rings. The molecule has 7 nitrogen and oxygen atoms in total. The molecule has 0 aromatic heterocycles. The zero-order chi connectivity index (χ0) is 21.6. The van der Waals surface area contributed by atoms with E-state index in [4.69, 9.17) is 18.9 Å². The first kappa shape index (κ1) is 21.1. The van der Waals surface area contributed by atoms with Crippen molar-refractivity contribution in [1.29, 1.82) is 0 Å². The number of anilines is 1. The lowest BCUT2D eigenvalue weighted by Crippen LogP contribution is -2.30. The maximum absolute atomic E-state index is 12.9. The van der Waals surface area contributed by atoms with Crippen molar-refractivity contribution in [2.75, 3.05) is 31.3 Å². The molecule has 31 heavy (non-hydrogen) atoms. The Bertz CT molecular complexity index is 931. The summed E-state index contributed by atoms with van der Waals surface area (Å²) in [6.07, 6.45) is 4.47. The lowest BCUT2D eigenvalue weighted by atomic mass is 10.1. The molecule has 0 aliphatic carbocycles. The number of carbonyl (C=O) groups excluding carboxylic acids is 2. The van der Waals surface area contributed by atoms with Gasteiger partial charge in [-0.2, -0.15) is 0 Å². The smallest absolute Gasteiger partial charge is 0.266 e. The van der Waals surface area contributed by atoms with Gasteiger partial charge in [-0.25, -0.2) is 4.90 Å². The van der Waals surface area contributed by atoms with E-state index in [9.17, 15) is 9.59 Å². The molecule has 0 radical (unpaired) electrons. The van der Waals surface area contributed by atoms with E-state index in [0.29, 0.717) is 41.5 Å². The van der Waals surface area contributed by atoms with Gasteiger partial charge in [-0.3, -0.25) is 9.59 Å². The van der Waals surface area contributed by atoms with Crippen molar-refractivity contribution < 1.29 is 28.5 Å². The minimum absolute atomic E-state index is 0.180. The van der Waals surface area contributed by atoms with Gasteiger partial charge in [-0.15, -0.1) is 0 Å². The number of hydrogen-bond donors (Lipinski definition) is 0. The molecule has 2 heterocycles. The van der Waals surface area contributed by atoms with Crippen LogP contribution in [-0.2, 0) is 9.47 Å². The lowest BCUT2D eigenvalue weighted by Gasteiger charge is -2.23. The third-order valence-corrected chi connectivity index (χ3v) is 5.12. The molecule has 0 saturated carbocycles. The van der Waals surface area contributed by atoms with E-state index in [-0.39, 0.29) is 24.7 Å². The molecule has 2 aliphatic heterocycles. The Kier molecular flexibility index (Phi) is 6.64. The predicted molar refractivity (Wildman–Crippen MR) is 115 cm³/mol. The lowest BCUT2D eigenvalue weighted by molar-refractivity contribution is -0.165. The highest BCUT2D eigenvalue weighted by atomic mass is 16.7. The quantitative estimate of drug-likeness (QED) is 0.345. The van der Waals surface area contributed by atoms with E-state index in [2.05, 4.69) is 6.58 Å².